The van der Waals surface area contributed by atoms with Gasteiger partial charge in [-0.15, -0.1) is 0 Å². The van der Waals surface area contributed by atoms with E-state index < -0.39 is 5.82 Å². The molecule has 0 heterocycles. The van der Waals surface area contributed by atoms with Crippen molar-refractivity contribution in [1.29, 1.82) is 0 Å². The SMILES string of the molecule is Nc1cccc(F)c1COc1cc(Cl)c(Br)cc1Cl. The molecule has 0 fully saturated rings. The lowest BCUT2D eigenvalue weighted by Crippen LogP contribution is -2.03. The first-order valence-corrected chi connectivity index (χ1v) is 6.84. The van der Waals surface area contributed by atoms with Gasteiger partial charge in [-0.25, -0.2) is 4.39 Å². The Morgan fingerprint density at radius 2 is 1.95 bits per heavy atom. The predicted molar refractivity (Wildman–Crippen MR) is 79.3 cm³/mol. The molecule has 2 rings (SSSR count). The van der Waals surface area contributed by atoms with Crippen LogP contribution in [0, 0.1) is 5.82 Å². The van der Waals surface area contributed by atoms with Gasteiger partial charge in [-0.05, 0) is 34.1 Å². The van der Waals surface area contributed by atoms with Crippen molar-refractivity contribution in [3.05, 3.63) is 56.2 Å². The second-order valence-electron chi connectivity index (χ2n) is 3.79. The Morgan fingerprint density at radius 1 is 1.21 bits per heavy atom. The van der Waals surface area contributed by atoms with Crippen molar-refractivity contribution in [2.24, 2.45) is 0 Å². The average molecular weight is 365 g/mol. The zero-order valence-corrected chi connectivity index (χ0v) is 12.7. The first-order valence-electron chi connectivity index (χ1n) is 5.29. The molecule has 2 aromatic rings. The highest BCUT2D eigenvalue weighted by Gasteiger charge is 2.10. The van der Waals surface area contributed by atoms with Crippen LogP contribution < -0.4 is 10.5 Å². The monoisotopic (exact) mass is 363 g/mol. The summed E-state index contributed by atoms with van der Waals surface area (Å²) in [5.74, 6) is -0.0446. The van der Waals surface area contributed by atoms with Gasteiger partial charge in [0.25, 0.3) is 0 Å². The van der Waals surface area contributed by atoms with E-state index in [0.717, 1.165) is 0 Å². The number of anilines is 1. The Hall–Kier alpha value is -0.970. The van der Waals surface area contributed by atoms with E-state index in [1.54, 1.807) is 18.2 Å². The third-order valence-electron chi connectivity index (χ3n) is 2.50. The van der Waals surface area contributed by atoms with Crippen LogP contribution in [-0.2, 0) is 6.61 Å². The number of nitrogen functional groups attached to an aromatic ring is 1. The Kier molecular flexibility index (Phi) is 4.55. The van der Waals surface area contributed by atoms with E-state index in [-0.39, 0.29) is 12.2 Å². The smallest absolute Gasteiger partial charge is 0.139 e. The molecular weight excluding hydrogens is 356 g/mol. The minimum absolute atomic E-state index is 0.0177. The van der Waals surface area contributed by atoms with Crippen molar-refractivity contribution in [3.63, 3.8) is 0 Å². The van der Waals surface area contributed by atoms with Gasteiger partial charge >= 0.3 is 0 Å². The highest BCUT2D eigenvalue weighted by atomic mass is 79.9. The van der Waals surface area contributed by atoms with E-state index in [2.05, 4.69) is 15.9 Å². The molecule has 2 aromatic carbocycles. The number of hydrogen-bond donors (Lipinski definition) is 1. The Labute approximate surface area is 128 Å². The molecule has 0 aliphatic heterocycles. The molecule has 0 radical (unpaired) electrons. The summed E-state index contributed by atoms with van der Waals surface area (Å²) in [5.41, 5.74) is 6.31. The number of nitrogens with two attached hydrogens (primary N) is 1. The zero-order chi connectivity index (χ0) is 14.0. The maximum atomic E-state index is 13.6. The highest BCUT2D eigenvalue weighted by molar-refractivity contribution is 9.10. The molecule has 2 N–H and O–H groups in total. The molecule has 0 aliphatic carbocycles. The fraction of sp³-hybridized carbons (Fsp3) is 0.0769. The molecule has 0 aromatic heterocycles. The van der Waals surface area contributed by atoms with Gasteiger partial charge < -0.3 is 10.5 Å². The molecule has 0 bridgehead atoms. The third-order valence-corrected chi connectivity index (χ3v) is 3.99. The third kappa shape index (κ3) is 3.32. The van der Waals surface area contributed by atoms with E-state index in [4.69, 9.17) is 33.7 Å². The van der Waals surface area contributed by atoms with E-state index >= 15 is 0 Å². The fourth-order valence-corrected chi connectivity index (χ4v) is 2.34. The van der Waals surface area contributed by atoms with Gasteiger partial charge in [0.15, 0.2) is 0 Å². The first kappa shape index (κ1) is 14.4. The topological polar surface area (TPSA) is 35.2 Å². The molecule has 0 unspecified atom stereocenters. The predicted octanol–water partition coefficient (Wildman–Crippen LogP) is 5.06. The Balaban J connectivity index is 2.22. The molecule has 2 nitrogen and oxygen atoms in total. The fourth-order valence-electron chi connectivity index (χ4n) is 1.49. The molecule has 0 saturated carbocycles. The van der Waals surface area contributed by atoms with E-state index in [0.29, 0.717) is 26.0 Å². The van der Waals surface area contributed by atoms with Crippen LogP contribution in [0.15, 0.2) is 34.8 Å². The summed E-state index contributed by atoms with van der Waals surface area (Å²) in [5, 5.41) is 0.840. The summed E-state index contributed by atoms with van der Waals surface area (Å²) in [4.78, 5) is 0. The van der Waals surface area contributed by atoms with Crippen LogP contribution >= 0.6 is 39.1 Å². The van der Waals surface area contributed by atoms with Crippen LogP contribution in [0.2, 0.25) is 10.0 Å². The summed E-state index contributed by atoms with van der Waals surface area (Å²) in [7, 11) is 0. The lowest BCUT2D eigenvalue weighted by Gasteiger charge is -2.11. The first-order chi connectivity index (χ1) is 8.99. The molecule has 0 spiro atoms. The van der Waals surface area contributed by atoms with E-state index in [1.165, 1.54) is 12.1 Å². The zero-order valence-electron chi connectivity index (χ0n) is 9.59. The van der Waals surface area contributed by atoms with Gasteiger partial charge in [-0.2, -0.15) is 0 Å². The number of rotatable bonds is 3. The van der Waals surface area contributed by atoms with Crippen LogP contribution in [0.25, 0.3) is 0 Å². The van der Waals surface area contributed by atoms with Crippen molar-refractivity contribution in [2.75, 3.05) is 5.73 Å². The maximum Gasteiger partial charge on any atom is 0.139 e. The van der Waals surface area contributed by atoms with Crippen molar-refractivity contribution >= 4 is 44.8 Å². The molecule has 100 valence electrons. The Bertz CT molecular complexity index is 602. The summed E-state index contributed by atoms with van der Waals surface area (Å²) >= 11 is 15.2. The summed E-state index contributed by atoms with van der Waals surface area (Å²) in [6.45, 7) is -0.0177. The van der Waals surface area contributed by atoms with Gasteiger partial charge in [0.05, 0.1) is 10.0 Å². The second kappa shape index (κ2) is 5.99. The number of halogens is 4. The van der Waals surface area contributed by atoms with Gasteiger partial charge in [0, 0.05) is 21.8 Å². The maximum absolute atomic E-state index is 13.6. The largest absolute Gasteiger partial charge is 0.487 e. The number of ether oxygens (including phenoxy) is 1. The van der Waals surface area contributed by atoms with Crippen molar-refractivity contribution in [1.82, 2.24) is 0 Å². The van der Waals surface area contributed by atoms with E-state index in [9.17, 15) is 4.39 Å². The molecule has 0 aliphatic rings. The van der Waals surface area contributed by atoms with E-state index in [1.807, 2.05) is 0 Å². The van der Waals surface area contributed by atoms with Gasteiger partial charge in [-0.3, -0.25) is 0 Å². The molecule has 19 heavy (non-hydrogen) atoms. The summed E-state index contributed by atoms with van der Waals surface area (Å²) < 4.78 is 19.7. The number of hydrogen-bond acceptors (Lipinski definition) is 2. The quantitative estimate of drug-likeness (QED) is 0.610. The van der Waals surface area contributed by atoms with Crippen LogP contribution in [0.3, 0.4) is 0 Å². The van der Waals surface area contributed by atoms with Crippen molar-refractivity contribution < 1.29 is 9.13 Å². The van der Waals surface area contributed by atoms with Crippen LogP contribution in [-0.4, -0.2) is 0 Å². The molecule has 0 amide bonds. The van der Waals surface area contributed by atoms with Gasteiger partial charge in [0.1, 0.15) is 18.2 Å². The van der Waals surface area contributed by atoms with Crippen LogP contribution in [0.5, 0.6) is 5.75 Å². The minimum atomic E-state index is -0.417. The molecular formula is C13H9BrCl2FNO. The van der Waals surface area contributed by atoms with Crippen LogP contribution in [0.1, 0.15) is 5.56 Å². The van der Waals surface area contributed by atoms with Crippen molar-refractivity contribution in [2.45, 2.75) is 6.61 Å². The summed E-state index contributed by atoms with van der Waals surface area (Å²) in [6, 6.07) is 7.65. The van der Waals surface area contributed by atoms with Gasteiger partial charge in [0.2, 0.25) is 0 Å². The normalized spacial score (nSPS) is 10.5. The number of benzene rings is 2. The van der Waals surface area contributed by atoms with Gasteiger partial charge in [-0.1, -0.05) is 29.3 Å². The molecule has 6 heteroatoms. The van der Waals surface area contributed by atoms with Crippen molar-refractivity contribution in [3.8, 4) is 5.75 Å². The molecule has 0 saturated heterocycles. The summed E-state index contributed by atoms with van der Waals surface area (Å²) in [6.07, 6.45) is 0. The van der Waals surface area contributed by atoms with Crippen LogP contribution in [0.4, 0.5) is 10.1 Å². The lowest BCUT2D eigenvalue weighted by atomic mass is 10.2. The molecule has 0 atom stereocenters. The second-order valence-corrected chi connectivity index (χ2v) is 5.46. The minimum Gasteiger partial charge on any atom is -0.487 e. The standard InChI is InChI=1S/C13H9BrCl2FNO/c14-8-4-10(16)13(5-9(8)15)19-6-7-11(17)2-1-3-12(7)18/h1-5H,6,18H2. The highest BCUT2D eigenvalue weighted by Crippen LogP contribution is 2.34. The Morgan fingerprint density at radius 3 is 2.63 bits per heavy atom. The average Bonchev–Trinajstić information content (AvgIpc) is 2.34. The lowest BCUT2D eigenvalue weighted by molar-refractivity contribution is 0.301.